The molecule has 5 nitrogen and oxygen atoms in total. The number of benzene rings is 1. The lowest BCUT2D eigenvalue weighted by atomic mass is 10.1. The molecule has 6 heteroatoms. The second kappa shape index (κ2) is 5.64. The molecule has 0 fully saturated rings. The minimum atomic E-state index is -1.26. The molecule has 0 aliphatic heterocycles. The quantitative estimate of drug-likeness (QED) is 0.915. The summed E-state index contributed by atoms with van der Waals surface area (Å²) < 4.78 is 10.5. The molecule has 1 heterocycles. The maximum Gasteiger partial charge on any atom is 0.335 e. The van der Waals surface area contributed by atoms with Crippen LogP contribution in [0.4, 0.5) is 0 Å². The van der Waals surface area contributed by atoms with Crippen LogP contribution in [0.5, 0.6) is 0 Å². The zero-order valence-corrected chi connectivity index (χ0v) is 11.8. The van der Waals surface area contributed by atoms with E-state index in [0.29, 0.717) is 16.5 Å². The molecule has 0 bridgehead atoms. The smallest absolute Gasteiger partial charge is 0.335 e. The van der Waals surface area contributed by atoms with Crippen LogP contribution in [0, 0.1) is 0 Å². The Bertz CT molecular complexity index is 604. The van der Waals surface area contributed by atoms with Crippen molar-refractivity contribution < 1.29 is 19.2 Å². The zero-order chi connectivity index (χ0) is 14.8. The van der Waals surface area contributed by atoms with Gasteiger partial charge < -0.3 is 14.4 Å². The monoisotopic (exact) mass is 295 g/mol. The van der Waals surface area contributed by atoms with Crippen molar-refractivity contribution in [2.75, 3.05) is 0 Å². The van der Waals surface area contributed by atoms with Crippen molar-refractivity contribution in [2.45, 2.75) is 26.1 Å². The molecule has 0 radical (unpaired) electrons. The van der Waals surface area contributed by atoms with Gasteiger partial charge in [0.25, 0.3) is 0 Å². The van der Waals surface area contributed by atoms with Crippen molar-refractivity contribution in [1.82, 2.24) is 5.16 Å². The SMILES string of the molecule is CC(C)(OCc1cc(-c2ccc(Cl)cc2)on1)C(=O)O. The van der Waals surface area contributed by atoms with Crippen molar-refractivity contribution in [2.24, 2.45) is 0 Å². The second-order valence-electron chi connectivity index (χ2n) is 4.79. The van der Waals surface area contributed by atoms with Crippen LogP contribution >= 0.6 is 11.6 Å². The fourth-order valence-corrected chi connectivity index (χ4v) is 1.57. The van der Waals surface area contributed by atoms with Gasteiger partial charge in [-0.15, -0.1) is 0 Å². The van der Waals surface area contributed by atoms with Crippen LogP contribution in [0.3, 0.4) is 0 Å². The number of ether oxygens (including phenoxy) is 1. The van der Waals surface area contributed by atoms with E-state index in [4.69, 9.17) is 26.0 Å². The van der Waals surface area contributed by atoms with Crippen LogP contribution < -0.4 is 0 Å². The lowest BCUT2D eigenvalue weighted by Gasteiger charge is -2.18. The minimum absolute atomic E-state index is 0.0659. The summed E-state index contributed by atoms with van der Waals surface area (Å²) in [7, 11) is 0. The standard InChI is InChI=1S/C14H14ClNO4/c1-14(2,13(17)18)19-8-11-7-12(20-16-11)9-3-5-10(15)6-4-9/h3-7H,8H2,1-2H3,(H,17,18). The number of carboxylic acids is 1. The van der Waals surface area contributed by atoms with Gasteiger partial charge in [-0.05, 0) is 38.1 Å². The van der Waals surface area contributed by atoms with Gasteiger partial charge in [-0.1, -0.05) is 16.8 Å². The highest BCUT2D eigenvalue weighted by molar-refractivity contribution is 6.30. The lowest BCUT2D eigenvalue weighted by molar-refractivity contribution is -0.162. The predicted molar refractivity (Wildman–Crippen MR) is 73.5 cm³/mol. The molecule has 2 aromatic rings. The average molecular weight is 296 g/mol. The van der Waals surface area contributed by atoms with Gasteiger partial charge in [-0.2, -0.15) is 0 Å². The predicted octanol–water partition coefficient (Wildman–Crippen LogP) is 3.37. The number of aliphatic carboxylic acids is 1. The van der Waals surface area contributed by atoms with Crippen LogP contribution in [0.2, 0.25) is 5.02 Å². The first-order chi connectivity index (χ1) is 9.38. The first kappa shape index (κ1) is 14.6. The van der Waals surface area contributed by atoms with Gasteiger partial charge in [0.1, 0.15) is 5.69 Å². The molecule has 1 N–H and O–H groups in total. The molecule has 0 saturated carbocycles. The van der Waals surface area contributed by atoms with Crippen molar-refractivity contribution in [3.05, 3.63) is 41.0 Å². The number of hydrogen-bond donors (Lipinski definition) is 1. The van der Waals surface area contributed by atoms with Gasteiger partial charge in [0, 0.05) is 16.7 Å². The summed E-state index contributed by atoms with van der Waals surface area (Å²) in [6.07, 6.45) is 0. The Kier molecular flexibility index (Phi) is 4.11. The van der Waals surface area contributed by atoms with Gasteiger partial charge in [0.15, 0.2) is 11.4 Å². The third-order valence-corrected chi connectivity index (χ3v) is 3.04. The molecule has 20 heavy (non-hydrogen) atoms. The van der Waals surface area contributed by atoms with E-state index in [0.717, 1.165) is 5.56 Å². The second-order valence-corrected chi connectivity index (χ2v) is 5.23. The number of halogens is 1. The molecule has 0 aliphatic carbocycles. The molecule has 1 aromatic heterocycles. The Morgan fingerprint density at radius 3 is 2.65 bits per heavy atom. The van der Waals surface area contributed by atoms with Crippen molar-refractivity contribution >= 4 is 17.6 Å². The summed E-state index contributed by atoms with van der Waals surface area (Å²) in [5.41, 5.74) is 0.106. The number of carbonyl (C=O) groups is 1. The number of carboxylic acid groups (broad SMARTS) is 1. The highest BCUT2D eigenvalue weighted by Gasteiger charge is 2.28. The molecule has 0 saturated heterocycles. The van der Waals surface area contributed by atoms with E-state index in [1.54, 1.807) is 18.2 Å². The molecule has 0 atom stereocenters. The first-order valence-corrected chi connectivity index (χ1v) is 6.35. The molecule has 106 valence electrons. The van der Waals surface area contributed by atoms with Crippen LogP contribution in [0.15, 0.2) is 34.9 Å². The third kappa shape index (κ3) is 3.37. The van der Waals surface area contributed by atoms with Crippen molar-refractivity contribution in [3.63, 3.8) is 0 Å². The van der Waals surface area contributed by atoms with E-state index in [9.17, 15) is 4.79 Å². The van der Waals surface area contributed by atoms with Crippen LogP contribution in [0.1, 0.15) is 19.5 Å². The Morgan fingerprint density at radius 2 is 2.05 bits per heavy atom. The fourth-order valence-electron chi connectivity index (χ4n) is 1.45. The van der Waals surface area contributed by atoms with E-state index in [2.05, 4.69) is 5.16 Å². The molecular formula is C14H14ClNO4. The highest BCUT2D eigenvalue weighted by Crippen LogP contribution is 2.23. The Labute approximate surface area is 121 Å². The Balaban J connectivity index is 2.06. The van der Waals surface area contributed by atoms with E-state index >= 15 is 0 Å². The summed E-state index contributed by atoms with van der Waals surface area (Å²) in [5.74, 6) is -0.452. The third-order valence-electron chi connectivity index (χ3n) is 2.78. The highest BCUT2D eigenvalue weighted by atomic mass is 35.5. The lowest BCUT2D eigenvalue weighted by Crippen LogP contribution is -2.34. The average Bonchev–Trinajstić information content (AvgIpc) is 2.86. The molecular weight excluding hydrogens is 282 g/mol. The molecule has 0 spiro atoms. The Hall–Kier alpha value is -1.85. The van der Waals surface area contributed by atoms with Crippen LogP contribution in [-0.4, -0.2) is 21.8 Å². The van der Waals surface area contributed by atoms with E-state index in [1.165, 1.54) is 13.8 Å². The van der Waals surface area contributed by atoms with Gasteiger partial charge in [-0.25, -0.2) is 4.79 Å². The Morgan fingerprint density at radius 1 is 1.40 bits per heavy atom. The van der Waals surface area contributed by atoms with E-state index in [1.807, 2.05) is 12.1 Å². The van der Waals surface area contributed by atoms with Crippen molar-refractivity contribution in [1.29, 1.82) is 0 Å². The van der Waals surface area contributed by atoms with E-state index in [-0.39, 0.29) is 6.61 Å². The maximum absolute atomic E-state index is 10.9. The number of rotatable bonds is 5. The molecule has 1 aromatic carbocycles. The number of nitrogens with zero attached hydrogens (tertiary/aromatic N) is 1. The zero-order valence-electron chi connectivity index (χ0n) is 11.1. The van der Waals surface area contributed by atoms with Crippen molar-refractivity contribution in [3.8, 4) is 11.3 Å². The fraction of sp³-hybridized carbons (Fsp3) is 0.286. The van der Waals surface area contributed by atoms with Gasteiger partial charge in [0.05, 0.1) is 6.61 Å². The van der Waals surface area contributed by atoms with Gasteiger partial charge >= 0.3 is 5.97 Å². The largest absolute Gasteiger partial charge is 0.479 e. The summed E-state index contributed by atoms with van der Waals surface area (Å²) in [5, 5.41) is 13.4. The summed E-state index contributed by atoms with van der Waals surface area (Å²) in [4.78, 5) is 10.9. The normalized spacial score (nSPS) is 11.6. The molecule has 2 rings (SSSR count). The first-order valence-electron chi connectivity index (χ1n) is 5.97. The summed E-state index contributed by atoms with van der Waals surface area (Å²) >= 11 is 5.81. The van der Waals surface area contributed by atoms with Crippen LogP contribution in [-0.2, 0) is 16.1 Å². The molecule has 0 unspecified atom stereocenters. The molecule has 0 aliphatic rings. The number of hydrogen-bond acceptors (Lipinski definition) is 4. The van der Waals surface area contributed by atoms with Crippen LogP contribution in [0.25, 0.3) is 11.3 Å². The van der Waals surface area contributed by atoms with Gasteiger partial charge in [0.2, 0.25) is 0 Å². The summed E-state index contributed by atoms with van der Waals surface area (Å²) in [6, 6.07) is 8.84. The topological polar surface area (TPSA) is 72.6 Å². The maximum atomic E-state index is 10.9. The van der Waals surface area contributed by atoms with Gasteiger partial charge in [-0.3, -0.25) is 0 Å². The van der Waals surface area contributed by atoms with E-state index < -0.39 is 11.6 Å². The summed E-state index contributed by atoms with van der Waals surface area (Å²) in [6.45, 7) is 3.03. The number of aromatic nitrogens is 1. The molecule has 0 amide bonds. The minimum Gasteiger partial charge on any atom is -0.479 e.